The van der Waals surface area contributed by atoms with E-state index in [2.05, 4.69) is 189 Å². The second-order valence-corrected chi connectivity index (χ2v) is 44.8. The molecule has 5 aromatic heterocycles. The molecule has 708 valence electrons. The Balaban J connectivity index is 0.000000121. The molecule has 5 atom stereocenters. The molecule has 10 N–H and O–H groups in total. The summed E-state index contributed by atoms with van der Waals surface area (Å²) >= 11 is 7.80. The third-order valence-corrected chi connectivity index (χ3v) is 35.4. The van der Waals surface area contributed by atoms with Crippen LogP contribution >= 0.6 is 58.8 Å². The summed E-state index contributed by atoms with van der Waals surface area (Å²) in [5.41, 5.74) is 38.0. The number of alkyl halides is 3. The van der Waals surface area contributed by atoms with Gasteiger partial charge in [-0.1, -0.05) is 198 Å². The highest BCUT2D eigenvalue weighted by atomic mass is 32.2. The number of halogens is 3. The zero-order chi connectivity index (χ0) is 92.6. The van der Waals surface area contributed by atoms with E-state index >= 15 is 0 Å². The molecule has 133 heavy (non-hydrogen) atoms. The van der Waals surface area contributed by atoms with Crippen LogP contribution in [0.4, 0.5) is 42.3 Å². The summed E-state index contributed by atoms with van der Waals surface area (Å²) in [6.45, 7) is 21.3. The Morgan fingerprint density at radius 3 is 0.940 bits per heavy atom. The summed E-state index contributed by atoms with van der Waals surface area (Å²) < 4.78 is 41.8. The summed E-state index contributed by atoms with van der Waals surface area (Å²) in [5, 5.41) is 4.31. The lowest BCUT2D eigenvalue weighted by Gasteiger charge is -2.42. The number of ether oxygens (including phenoxy) is 1. The van der Waals surface area contributed by atoms with Crippen LogP contribution in [-0.4, -0.2) is 152 Å². The maximum Gasteiger partial charge on any atom is 0.573 e. The molecule has 10 fully saturated rings. The minimum atomic E-state index is -4.74. The van der Waals surface area contributed by atoms with Crippen LogP contribution in [0.2, 0.25) is 0 Å². The second kappa shape index (κ2) is 44.4. The fourth-order valence-electron chi connectivity index (χ4n) is 22.0. The smallest absolute Gasteiger partial charge is 0.405 e. The molecule has 29 heteroatoms. The van der Waals surface area contributed by atoms with E-state index in [1.807, 2.05) is 67.8 Å². The number of benzene rings is 5. The highest BCUT2D eigenvalue weighted by Crippen LogP contribution is 2.52. The lowest BCUT2D eigenvalue weighted by molar-refractivity contribution is -0.275. The molecule has 0 bridgehead atoms. The van der Waals surface area contributed by atoms with E-state index in [4.69, 9.17) is 38.6 Å². The van der Waals surface area contributed by atoms with E-state index in [1.165, 1.54) is 190 Å². The predicted octanol–water partition coefficient (Wildman–Crippen LogP) is 21.9. The number of nitrogens with two attached hydrogens (primary N) is 5. The van der Waals surface area contributed by atoms with Gasteiger partial charge < -0.3 is 57.9 Å². The van der Waals surface area contributed by atoms with Crippen molar-refractivity contribution in [3.05, 3.63) is 206 Å². The lowest BCUT2D eigenvalue weighted by atomic mass is 9.74. The zero-order valence-electron chi connectivity index (χ0n) is 78.1. The van der Waals surface area contributed by atoms with Crippen molar-refractivity contribution in [1.29, 1.82) is 0 Å². The molecular formula is C104H135F3N20OS5. The van der Waals surface area contributed by atoms with Crippen LogP contribution in [0.1, 0.15) is 212 Å². The Kier molecular flexibility index (Phi) is 32.6. The number of anilines is 5. The first-order valence-corrected chi connectivity index (χ1v) is 52.6. The number of hydrogen-bond donors (Lipinski definition) is 5. The fourth-order valence-corrected chi connectivity index (χ4v) is 26.1. The van der Waals surface area contributed by atoms with E-state index in [-0.39, 0.29) is 16.6 Å². The van der Waals surface area contributed by atoms with Gasteiger partial charge in [-0.3, -0.25) is 0 Å². The molecule has 20 rings (SSSR count). The van der Waals surface area contributed by atoms with Gasteiger partial charge in [0.15, 0.2) is 0 Å². The van der Waals surface area contributed by atoms with Crippen LogP contribution in [0.25, 0.3) is 0 Å². The van der Waals surface area contributed by atoms with Gasteiger partial charge in [0.05, 0.1) is 66.9 Å². The molecule has 0 unspecified atom stereocenters. The molecule has 10 heterocycles. The lowest BCUT2D eigenvalue weighted by Crippen LogP contribution is -2.47. The van der Waals surface area contributed by atoms with E-state index in [1.54, 1.807) is 71.6 Å². The summed E-state index contributed by atoms with van der Waals surface area (Å²) in [6.07, 6.45) is 46.4. The Morgan fingerprint density at radius 1 is 0.323 bits per heavy atom. The minimum absolute atomic E-state index is 0.152. The van der Waals surface area contributed by atoms with Gasteiger partial charge in [0.2, 0.25) is 0 Å². The maximum atomic E-state index is 12.6. The molecule has 5 saturated heterocycles. The normalized spacial score (nSPS) is 22.1. The fraction of sp³-hybridized carbons (Fsp3) is 0.519. The van der Waals surface area contributed by atoms with Crippen molar-refractivity contribution >= 4 is 87.9 Å². The highest BCUT2D eigenvalue weighted by Gasteiger charge is 2.48. The number of rotatable bonds is 18. The first-order valence-electron chi connectivity index (χ1n) is 48.5. The van der Waals surface area contributed by atoms with E-state index in [0.29, 0.717) is 61.8 Å². The van der Waals surface area contributed by atoms with Gasteiger partial charge in [0, 0.05) is 115 Å². The van der Waals surface area contributed by atoms with Crippen LogP contribution in [-0.2, 0) is 18.3 Å². The number of nitrogens with zero attached hydrogens (tertiary/aromatic N) is 15. The van der Waals surface area contributed by atoms with E-state index < -0.39 is 6.36 Å². The molecule has 0 radical (unpaired) electrons. The summed E-state index contributed by atoms with van der Waals surface area (Å²) in [5.74, 6) is 4.53. The van der Waals surface area contributed by atoms with Gasteiger partial charge in [-0.2, -0.15) is 0 Å². The van der Waals surface area contributed by atoms with Gasteiger partial charge >= 0.3 is 6.36 Å². The first kappa shape index (κ1) is 97.7. The Hall–Kier alpha value is -8.36. The summed E-state index contributed by atoms with van der Waals surface area (Å²) in [6, 6.07) is 44.1. The summed E-state index contributed by atoms with van der Waals surface area (Å²) in [7, 11) is 0. The van der Waals surface area contributed by atoms with Crippen molar-refractivity contribution < 1.29 is 17.9 Å². The molecule has 5 spiro atoms. The quantitative estimate of drug-likeness (QED) is 0.0533. The van der Waals surface area contributed by atoms with Crippen LogP contribution in [0.15, 0.2) is 239 Å². The molecule has 5 aliphatic heterocycles. The number of aryl methyl sites for hydroxylation is 2. The molecule has 5 saturated carbocycles. The molecule has 0 amide bonds. The maximum absolute atomic E-state index is 12.6. The van der Waals surface area contributed by atoms with Gasteiger partial charge in [-0.05, 0) is 245 Å². The van der Waals surface area contributed by atoms with Crippen LogP contribution in [0.5, 0.6) is 5.75 Å². The molecule has 5 aromatic carbocycles. The summed E-state index contributed by atoms with van der Waals surface area (Å²) in [4.78, 5) is 63.1. The minimum Gasteiger partial charge on any atom is -0.405 e. The Bertz CT molecular complexity index is 5320. The largest absolute Gasteiger partial charge is 0.573 e. The van der Waals surface area contributed by atoms with Crippen molar-refractivity contribution in [2.45, 2.75) is 300 Å². The number of piperidine rings is 5. The highest BCUT2D eigenvalue weighted by molar-refractivity contribution is 8.00. The van der Waals surface area contributed by atoms with Gasteiger partial charge in [0.1, 0.15) is 60.0 Å². The Morgan fingerprint density at radius 2 is 0.624 bits per heavy atom. The molecular weight excluding hydrogens is 1760 g/mol. The molecule has 10 aromatic rings. The van der Waals surface area contributed by atoms with Gasteiger partial charge in [0.25, 0.3) is 0 Å². The van der Waals surface area contributed by atoms with Crippen molar-refractivity contribution in [2.24, 2.45) is 55.7 Å². The molecule has 10 aliphatic rings. The van der Waals surface area contributed by atoms with Crippen molar-refractivity contribution in [1.82, 2.24) is 49.8 Å². The standard InChI is InChI=1S/C23H32N4S.2C21H28N4S.C20H23F3N4OS.C19H24N4S/c1-22(2,3)17-6-4-7-18(14-17)28-21-16-25-20(15-26-21)27-12-10-23(11-13-27)9-5-8-19(23)24;1-2-16-5-3-6-17(13-16)26-20-15-23-19(14-24-20)25-11-9-21(10-12-25)8-4-7-18(21)22;1-2-16-6-3-4-7-17(16)26-20-15-23-19(14-24-20)25-12-10-21(11-13-25)9-5-8-18(21)22;21-20(22,23)28-14-4-1-2-5-15(14)29-18-13-25-17(12-26-18)27-10-8-19(9-11-27)7-3-6-16(19)24;20-16-7-4-8-19(16)9-11-23(12-10-19)17-13-22-18(14-21-17)24-15-5-2-1-3-6-15/h4,6-7,14-16,19H,5,8-13,24H2,1-3H3;3,5-6,13-15,18H,2,4,7-12,22H2,1H3;3-4,6-7,14-15,18H,2,5,8-13,22H2,1H3;1-2,4-5,12-13,16H,3,6-11,24H2;1-3,5-6,13-14,16H,4,7-12,20H2/t19-;2*18-;2*16-/m01000/s1. The third kappa shape index (κ3) is 24.8. The third-order valence-electron chi connectivity index (χ3n) is 30.6. The van der Waals surface area contributed by atoms with Crippen LogP contribution in [0.3, 0.4) is 0 Å². The number of aromatic nitrogens is 10. The van der Waals surface area contributed by atoms with Gasteiger partial charge in [-0.15, -0.1) is 13.2 Å². The van der Waals surface area contributed by atoms with Crippen LogP contribution in [0, 0.1) is 27.1 Å². The van der Waals surface area contributed by atoms with Gasteiger partial charge in [-0.25, -0.2) is 49.8 Å². The monoisotopic (exact) mass is 1900 g/mol. The van der Waals surface area contributed by atoms with Crippen molar-refractivity contribution in [3.8, 4) is 5.75 Å². The first-order chi connectivity index (χ1) is 64.3. The Labute approximate surface area is 807 Å². The SMILES string of the molecule is CC(C)(C)c1cccc(Sc2cnc(N3CCC4(CCC[C@@H]4N)CC3)cn2)c1.CCc1cccc(Sc2cnc(N3CCC4(CCC[C@H]4N)CC3)cn2)c1.CCc1ccccc1Sc1cnc(N2CCC3(CCC[C@@H]3N)CC2)cn1.N[C@H]1CCCC12CCN(c1cnc(Sc3ccccc3)cn1)CC2.N[C@H]1CCCC12CCN(c1cnc(Sc3ccccc3OC(F)(F)F)cn1)CC2. The van der Waals surface area contributed by atoms with Crippen molar-refractivity contribution in [3.63, 3.8) is 0 Å². The topological polar surface area (TPSA) is 284 Å². The molecule has 5 aliphatic carbocycles. The number of para-hydroxylation sites is 1. The van der Waals surface area contributed by atoms with E-state index in [0.717, 1.165) is 159 Å². The van der Waals surface area contributed by atoms with Crippen molar-refractivity contribution in [2.75, 3.05) is 89.9 Å². The second-order valence-electron chi connectivity index (χ2n) is 39.4. The predicted molar refractivity (Wildman–Crippen MR) is 536 cm³/mol. The zero-order valence-corrected chi connectivity index (χ0v) is 82.2. The average molecular weight is 1900 g/mol. The molecule has 21 nitrogen and oxygen atoms in total. The van der Waals surface area contributed by atoms with E-state index in [9.17, 15) is 13.2 Å². The van der Waals surface area contributed by atoms with Crippen LogP contribution < -0.4 is 57.9 Å². The number of hydrogen-bond acceptors (Lipinski definition) is 26. The average Bonchev–Trinajstić information content (AvgIpc) is 1.69.